The molecule has 0 saturated heterocycles. The molecule has 142 valence electrons. The van der Waals surface area contributed by atoms with E-state index in [0.717, 1.165) is 10.8 Å². The minimum Gasteiger partial charge on any atom is -0.483 e. The fourth-order valence-corrected chi connectivity index (χ4v) is 3.42. The molecule has 6 nitrogen and oxygen atoms in total. The summed E-state index contributed by atoms with van der Waals surface area (Å²) in [7, 11) is 0. The summed E-state index contributed by atoms with van der Waals surface area (Å²) in [5.74, 6) is -0.644. The van der Waals surface area contributed by atoms with Gasteiger partial charge in [0.1, 0.15) is 17.6 Å². The van der Waals surface area contributed by atoms with Crippen molar-refractivity contribution in [3.05, 3.63) is 60.7 Å². The summed E-state index contributed by atoms with van der Waals surface area (Å²) in [6.07, 6.45) is 3.80. The van der Waals surface area contributed by atoms with Crippen LogP contribution in [0.15, 0.2) is 54.9 Å². The molecule has 0 radical (unpaired) electrons. The molecule has 1 unspecified atom stereocenters. The Bertz CT molecular complexity index is 1060. The average molecular weight is 379 g/mol. The largest absolute Gasteiger partial charge is 0.483 e. The van der Waals surface area contributed by atoms with Crippen molar-refractivity contribution < 1.29 is 18.7 Å². The Balaban J connectivity index is 1.62. The number of pyridine rings is 1. The Morgan fingerprint density at radius 3 is 2.96 bits per heavy atom. The van der Waals surface area contributed by atoms with Crippen LogP contribution >= 0.6 is 0 Å². The quantitative estimate of drug-likeness (QED) is 0.753. The molecule has 1 aliphatic heterocycles. The van der Waals surface area contributed by atoms with Gasteiger partial charge in [-0.05, 0) is 36.8 Å². The molecule has 2 aromatic carbocycles. The summed E-state index contributed by atoms with van der Waals surface area (Å²) in [5.41, 5.74) is 0.739. The summed E-state index contributed by atoms with van der Waals surface area (Å²) >= 11 is 0. The number of carbonyl (C=O) groups excluding carboxylic acids is 2. The van der Waals surface area contributed by atoms with Gasteiger partial charge in [0.05, 0.1) is 11.4 Å². The van der Waals surface area contributed by atoms with Gasteiger partial charge in [0.25, 0.3) is 5.91 Å². The normalized spacial score (nSPS) is 15.9. The van der Waals surface area contributed by atoms with Crippen LogP contribution in [0.2, 0.25) is 0 Å². The predicted molar refractivity (Wildman–Crippen MR) is 104 cm³/mol. The van der Waals surface area contributed by atoms with E-state index in [1.807, 2.05) is 25.1 Å². The Kier molecular flexibility index (Phi) is 4.65. The summed E-state index contributed by atoms with van der Waals surface area (Å²) in [6.45, 7) is 1.57. The first-order valence-electron chi connectivity index (χ1n) is 8.96. The van der Waals surface area contributed by atoms with Crippen molar-refractivity contribution in [3.63, 3.8) is 0 Å². The van der Waals surface area contributed by atoms with Gasteiger partial charge >= 0.3 is 0 Å². The molecule has 0 saturated carbocycles. The third-order valence-electron chi connectivity index (χ3n) is 4.74. The summed E-state index contributed by atoms with van der Waals surface area (Å²) in [4.78, 5) is 30.8. The van der Waals surface area contributed by atoms with E-state index < -0.39 is 11.9 Å². The van der Waals surface area contributed by atoms with E-state index in [1.54, 1.807) is 18.5 Å². The molecule has 0 bridgehead atoms. The van der Waals surface area contributed by atoms with Gasteiger partial charge in [0.2, 0.25) is 5.91 Å². The van der Waals surface area contributed by atoms with E-state index in [4.69, 9.17) is 4.74 Å². The van der Waals surface area contributed by atoms with Crippen molar-refractivity contribution in [2.24, 2.45) is 0 Å². The summed E-state index contributed by atoms with van der Waals surface area (Å²) in [6, 6.07) is 10.6. The molecule has 2 heterocycles. The molecule has 0 fully saturated rings. The number of amides is 2. The fraction of sp³-hybridized carbons (Fsp3) is 0.190. The molecule has 0 spiro atoms. The van der Waals surface area contributed by atoms with Crippen LogP contribution in [0.3, 0.4) is 0 Å². The number of hydrogen-bond donors (Lipinski definition) is 1. The lowest BCUT2D eigenvalue weighted by Gasteiger charge is -2.36. The van der Waals surface area contributed by atoms with E-state index in [0.29, 0.717) is 17.9 Å². The number of fused-ring (bicyclic) bond motifs is 2. The molecule has 4 rings (SSSR count). The lowest BCUT2D eigenvalue weighted by Crippen LogP contribution is -2.52. The zero-order valence-electron chi connectivity index (χ0n) is 15.2. The van der Waals surface area contributed by atoms with Gasteiger partial charge in [-0.3, -0.25) is 19.5 Å². The molecule has 1 aliphatic rings. The number of aromatic nitrogens is 1. The smallest absolute Gasteiger partial charge is 0.265 e. The van der Waals surface area contributed by atoms with E-state index >= 15 is 0 Å². The summed E-state index contributed by atoms with van der Waals surface area (Å²) in [5, 5.41) is 4.41. The molecule has 3 aromatic rings. The number of rotatable bonds is 4. The Labute approximate surface area is 160 Å². The van der Waals surface area contributed by atoms with Gasteiger partial charge in [-0.25, -0.2) is 4.39 Å². The van der Waals surface area contributed by atoms with Crippen LogP contribution in [0, 0.1) is 5.82 Å². The maximum atomic E-state index is 13.6. The number of carbonyl (C=O) groups is 2. The zero-order valence-corrected chi connectivity index (χ0v) is 15.2. The topological polar surface area (TPSA) is 71.5 Å². The van der Waals surface area contributed by atoms with Crippen LogP contribution in [0.25, 0.3) is 10.8 Å². The highest BCUT2D eigenvalue weighted by molar-refractivity contribution is 6.12. The van der Waals surface area contributed by atoms with E-state index in [2.05, 4.69) is 10.3 Å². The number of nitrogens with one attached hydrogen (secondary N) is 1. The van der Waals surface area contributed by atoms with Gasteiger partial charge in [-0.15, -0.1) is 0 Å². The molecule has 1 N–H and O–H groups in total. The molecule has 28 heavy (non-hydrogen) atoms. The first-order chi connectivity index (χ1) is 13.6. The number of anilines is 2. The molecule has 2 amide bonds. The van der Waals surface area contributed by atoms with Crippen molar-refractivity contribution in [3.8, 4) is 5.75 Å². The lowest BCUT2D eigenvalue weighted by atomic mass is 10.1. The van der Waals surface area contributed by atoms with Gasteiger partial charge < -0.3 is 10.1 Å². The highest BCUT2D eigenvalue weighted by atomic mass is 19.1. The Hall–Kier alpha value is -3.48. The number of nitrogens with zero attached hydrogens (tertiary/aromatic N) is 2. The number of benzene rings is 2. The number of ether oxygens (including phenoxy) is 1. The van der Waals surface area contributed by atoms with Crippen LogP contribution in [0.4, 0.5) is 15.8 Å². The van der Waals surface area contributed by atoms with Crippen LogP contribution in [-0.4, -0.2) is 29.4 Å². The second kappa shape index (κ2) is 7.26. The molecule has 0 aliphatic carbocycles. The van der Waals surface area contributed by atoms with Crippen molar-refractivity contribution >= 4 is 34.0 Å². The molecule has 7 heteroatoms. The highest BCUT2D eigenvalue weighted by Crippen LogP contribution is 2.34. The SMILES string of the molecule is CCC1C(=O)Nc2cc(F)ccc2N1C(=O)COc1cccc2cnccc12. The minimum absolute atomic E-state index is 0.248. The molecular formula is C21H18FN3O3. The van der Waals surface area contributed by atoms with Gasteiger partial charge in [-0.1, -0.05) is 19.1 Å². The second-order valence-electron chi connectivity index (χ2n) is 6.48. The second-order valence-corrected chi connectivity index (χ2v) is 6.48. The van der Waals surface area contributed by atoms with Crippen molar-refractivity contribution in [2.45, 2.75) is 19.4 Å². The fourth-order valence-electron chi connectivity index (χ4n) is 3.42. The molecule has 1 atom stereocenters. The van der Waals surface area contributed by atoms with Crippen molar-refractivity contribution in [1.82, 2.24) is 4.98 Å². The number of halogens is 1. The average Bonchev–Trinajstić information content (AvgIpc) is 2.70. The van der Waals surface area contributed by atoms with E-state index in [9.17, 15) is 14.0 Å². The van der Waals surface area contributed by atoms with Crippen LogP contribution in [-0.2, 0) is 9.59 Å². The maximum absolute atomic E-state index is 13.6. The maximum Gasteiger partial charge on any atom is 0.265 e. The Morgan fingerprint density at radius 1 is 1.29 bits per heavy atom. The molecule has 1 aromatic heterocycles. The van der Waals surface area contributed by atoms with E-state index in [1.165, 1.54) is 23.1 Å². The predicted octanol–water partition coefficient (Wildman–Crippen LogP) is 3.52. The zero-order chi connectivity index (χ0) is 19.7. The first-order valence-corrected chi connectivity index (χ1v) is 8.96. The monoisotopic (exact) mass is 379 g/mol. The van der Waals surface area contributed by atoms with Gasteiger partial charge in [0.15, 0.2) is 6.61 Å². The van der Waals surface area contributed by atoms with Gasteiger partial charge in [-0.2, -0.15) is 0 Å². The Morgan fingerprint density at radius 2 is 2.14 bits per heavy atom. The van der Waals surface area contributed by atoms with Crippen molar-refractivity contribution in [1.29, 1.82) is 0 Å². The summed E-state index contributed by atoms with van der Waals surface area (Å²) < 4.78 is 19.3. The number of hydrogen-bond acceptors (Lipinski definition) is 4. The third kappa shape index (κ3) is 3.15. The van der Waals surface area contributed by atoms with Crippen LogP contribution in [0.1, 0.15) is 13.3 Å². The molecular weight excluding hydrogens is 361 g/mol. The standard InChI is InChI=1S/C21H18FN3O3/c1-2-17-21(27)24-16-10-14(22)6-7-18(16)25(17)20(26)12-28-19-5-3-4-13-11-23-9-8-15(13)19/h3-11,17H,2,12H2,1H3,(H,24,27). The van der Waals surface area contributed by atoms with Crippen molar-refractivity contribution in [2.75, 3.05) is 16.8 Å². The first kappa shape index (κ1) is 17.9. The van der Waals surface area contributed by atoms with Gasteiger partial charge in [0, 0.05) is 23.2 Å². The van der Waals surface area contributed by atoms with Crippen LogP contribution < -0.4 is 15.0 Å². The van der Waals surface area contributed by atoms with E-state index in [-0.39, 0.29) is 24.1 Å². The minimum atomic E-state index is -0.675. The van der Waals surface area contributed by atoms with Crippen LogP contribution in [0.5, 0.6) is 5.75 Å². The third-order valence-corrected chi connectivity index (χ3v) is 4.74. The highest BCUT2D eigenvalue weighted by Gasteiger charge is 2.36. The lowest BCUT2D eigenvalue weighted by molar-refractivity contribution is -0.125.